The molecule has 0 fully saturated rings. The normalized spacial score (nSPS) is 11.2. The summed E-state index contributed by atoms with van der Waals surface area (Å²) in [4.78, 5) is 22.8. The molecule has 0 radical (unpaired) electrons. The third kappa shape index (κ3) is 4.01. The summed E-state index contributed by atoms with van der Waals surface area (Å²) in [6.07, 6.45) is 1.53. The summed E-state index contributed by atoms with van der Waals surface area (Å²) in [5.74, 6) is 0.205. The molecule has 156 valence electrons. The van der Waals surface area contributed by atoms with Gasteiger partial charge in [-0.2, -0.15) is 5.10 Å². The van der Waals surface area contributed by atoms with Crippen LogP contribution in [0.3, 0.4) is 0 Å². The van der Waals surface area contributed by atoms with Gasteiger partial charge < -0.3 is 13.7 Å². The van der Waals surface area contributed by atoms with Gasteiger partial charge in [-0.3, -0.25) is 14.9 Å². The van der Waals surface area contributed by atoms with Gasteiger partial charge in [0.05, 0.1) is 23.9 Å². The van der Waals surface area contributed by atoms with Gasteiger partial charge in [0.2, 0.25) is 0 Å². The van der Waals surface area contributed by atoms with Crippen LogP contribution in [0.15, 0.2) is 70.2 Å². The number of hydrazone groups is 1. The number of carbonyl (C=O) groups is 1. The largest absolute Gasteiger partial charge is 0.497 e. The Balaban J connectivity index is 1.52. The molecule has 2 aromatic carbocycles. The van der Waals surface area contributed by atoms with Crippen LogP contribution in [-0.2, 0) is 0 Å². The number of nitrogens with one attached hydrogen (secondary N) is 1. The molecule has 2 aromatic heterocycles. The second-order valence-corrected chi connectivity index (χ2v) is 6.72. The van der Waals surface area contributed by atoms with Crippen molar-refractivity contribution in [2.24, 2.45) is 5.10 Å². The zero-order chi connectivity index (χ0) is 22.0. The lowest BCUT2D eigenvalue weighted by Crippen LogP contribution is -2.17. The lowest BCUT2D eigenvalue weighted by Gasteiger charge is -2.10. The fourth-order valence-corrected chi connectivity index (χ4v) is 3.21. The first-order valence-corrected chi connectivity index (χ1v) is 9.30. The van der Waals surface area contributed by atoms with Crippen LogP contribution in [0.1, 0.15) is 21.9 Å². The van der Waals surface area contributed by atoms with E-state index in [0.29, 0.717) is 11.0 Å². The number of carbonyl (C=O) groups excluding carboxylic acids is 1. The number of benzene rings is 2. The molecule has 0 spiro atoms. The van der Waals surface area contributed by atoms with Crippen LogP contribution < -0.4 is 10.2 Å². The highest BCUT2D eigenvalue weighted by atomic mass is 16.6. The lowest BCUT2D eigenvalue weighted by molar-refractivity contribution is -0.384. The maximum Gasteiger partial charge on any atom is 0.307 e. The Morgan fingerprint density at radius 2 is 1.94 bits per heavy atom. The molecule has 0 unspecified atom stereocenters. The molecule has 9 heteroatoms. The molecule has 4 aromatic rings. The van der Waals surface area contributed by atoms with Crippen molar-refractivity contribution in [1.82, 2.24) is 9.99 Å². The molecule has 31 heavy (non-hydrogen) atoms. The molecule has 2 heterocycles. The first kappa shape index (κ1) is 19.9. The zero-order valence-corrected chi connectivity index (χ0v) is 16.7. The molecule has 0 aliphatic heterocycles. The summed E-state index contributed by atoms with van der Waals surface area (Å²) in [5.41, 5.74) is 5.41. The first-order chi connectivity index (χ1) is 15.0. The van der Waals surface area contributed by atoms with E-state index in [2.05, 4.69) is 10.5 Å². The zero-order valence-electron chi connectivity index (χ0n) is 16.7. The molecule has 0 atom stereocenters. The van der Waals surface area contributed by atoms with Gasteiger partial charge in [0, 0.05) is 28.9 Å². The topological polar surface area (TPSA) is 112 Å². The third-order valence-electron chi connectivity index (χ3n) is 4.73. The summed E-state index contributed by atoms with van der Waals surface area (Å²) < 4.78 is 12.6. The van der Waals surface area contributed by atoms with Crippen molar-refractivity contribution in [3.05, 3.63) is 87.9 Å². The predicted octanol–water partition coefficient (Wildman–Crippen LogP) is 4.21. The minimum absolute atomic E-state index is 0.00867. The van der Waals surface area contributed by atoms with E-state index in [1.54, 1.807) is 7.11 Å². The molecule has 0 aliphatic rings. The standard InChI is InChI=1S/C22H18N4O5/c1-14-3-4-18(25(14)16-5-8-19(30-2)9-6-16)13-23-24-22(27)21-12-15-11-17(26(28)29)7-10-20(15)31-21/h3-13H,1-2H3,(H,24,27)/b23-13+. The number of nitro benzene ring substituents is 1. The van der Waals surface area contributed by atoms with Gasteiger partial charge in [-0.25, -0.2) is 5.43 Å². The van der Waals surface area contributed by atoms with E-state index in [4.69, 9.17) is 9.15 Å². The van der Waals surface area contributed by atoms with Crippen molar-refractivity contribution in [2.75, 3.05) is 7.11 Å². The van der Waals surface area contributed by atoms with Gasteiger partial charge in [0.25, 0.3) is 5.69 Å². The number of fused-ring (bicyclic) bond motifs is 1. The van der Waals surface area contributed by atoms with Crippen molar-refractivity contribution < 1.29 is 18.9 Å². The Morgan fingerprint density at radius 1 is 1.16 bits per heavy atom. The maximum atomic E-state index is 12.4. The Morgan fingerprint density at radius 3 is 2.65 bits per heavy atom. The van der Waals surface area contributed by atoms with E-state index >= 15 is 0 Å². The number of methoxy groups -OCH3 is 1. The highest BCUT2D eigenvalue weighted by Gasteiger charge is 2.15. The summed E-state index contributed by atoms with van der Waals surface area (Å²) in [7, 11) is 1.61. The van der Waals surface area contributed by atoms with Gasteiger partial charge in [0.15, 0.2) is 5.76 Å². The van der Waals surface area contributed by atoms with Crippen LogP contribution in [0, 0.1) is 17.0 Å². The number of furan rings is 1. The minimum atomic E-state index is -0.561. The number of aromatic nitrogens is 1. The number of nitrogens with zero attached hydrogens (tertiary/aromatic N) is 3. The van der Waals surface area contributed by atoms with Crippen LogP contribution in [0.25, 0.3) is 16.7 Å². The van der Waals surface area contributed by atoms with Crippen molar-refractivity contribution in [1.29, 1.82) is 0 Å². The maximum absolute atomic E-state index is 12.4. The van der Waals surface area contributed by atoms with E-state index in [1.165, 1.54) is 30.5 Å². The Labute approximate surface area is 176 Å². The number of rotatable bonds is 6. The molecule has 0 saturated carbocycles. The Bertz CT molecular complexity index is 1300. The Hall–Kier alpha value is -4.40. The van der Waals surface area contributed by atoms with Crippen LogP contribution in [0.5, 0.6) is 5.75 Å². The number of non-ortho nitro benzene ring substituents is 1. The van der Waals surface area contributed by atoms with Gasteiger partial charge in [0.1, 0.15) is 11.3 Å². The summed E-state index contributed by atoms with van der Waals surface area (Å²) >= 11 is 0. The minimum Gasteiger partial charge on any atom is -0.497 e. The monoisotopic (exact) mass is 418 g/mol. The van der Waals surface area contributed by atoms with Crippen LogP contribution in [0.2, 0.25) is 0 Å². The van der Waals surface area contributed by atoms with Gasteiger partial charge in [-0.15, -0.1) is 0 Å². The average Bonchev–Trinajstić information content (AvgIpc) is 3.36. The molecular weight excluding hydrogens is 400 g/mol. The third-order valence-corrected chi connectivity index (χ3v) is 4.73. The predicted molar refractivity (Wildman–Crippen MR) is 115 cm³/mol. The molecule has 0 aliphatic carbocycles. The summed E-state index contributed by atoms with van der Waals surface area (Å²) in [5, 5.41) is 15.4. The summed E-state index contributed by atoms with van der Waals surface area (Å²) in [6, 6.07) is 17.0. The van der Waals surface area contributed by atoms with E-state index in [1.807, 2.05) is 47.9 Å². The van der Waals surface area contributed by atoms with Gasteiger partial charge in [-0.05, 0) is 55.5 Å². The highest BCUT2D eigenvalue weighted by molar-refractivity contribution is 5.97. The van der Waals surface area contributed by atoms with E-state index in [9.17, 15) is 14.9 Å². The van der Waals surface area contributed by atoms with Gasteiger partial charge in [-0.1, -0.05) is 0 Å². The molecular formula is C22H18N4O5. The molecule has 0 saturated heterocycles. The van der Waals surface area contributed by atoms with Crippen LogP contribution in [-0.4, -0.2) is 28.7 Å². The Kier molecular flexibility index (Phi) is 5.23. The average molecular weight is 418 g/mol. The molecule has 9 nitrogen and oxygen atoms in total. The quantitative estimate of drug-likeness (QED) is 0.286. The lowest BCUT2D eigenvalue weighted by atomic mass is 10.2. The van der Waals surface area contributed by atoms with Crippen LogP contribution in [0.4, 0.5) is 5.69 Å². The molecule has 0 bridgehead atoms. The first-order valence-electron chi connectivity index (χ1n) is 9.30. The SMILES string of the molecule is COc1ccc(-n2c(C)ccc2/C=N/NC(=O)c2cc3cc([N+](=O)[O-])ccc3o2)cc1. The van der Waals surface area contributed by atoms with Crippen LogP contribution >= 0.6 is 0 Å². The second-order valence-electron chi connectivity index (χ2n) is 6.72. The second kappa shape index (κ2) is 8.15. The number of ether oxygens (including phenoxy) is 1. The van der Waals surface area contributed by atoms with E-state index in [0.717, 1.165) is 22.8 Å². The number of aryl methyl sites for hydroxylation is 1. The smallest absolute Gasteiger partial charge is 0.307 e. The number of hydrogen-bond donors (Lipinski definition) is 1. The van der Waals surface area contributed by atoms with Crippen molar-refractivity contribution in [3.8, 4) is 11.4 Å². The fourth-order valence-electron chi connectivity index (χ4n) is 3.21. The van der Waals surface area contributed by atoms with Gasteiger partial charge >= 0.3 is 5.91 Å². The molecule has 1 amide bonds. The van der Waals surface area contributed by atoms with E-state index < -0.39 is 10.8 Å². The highest BCUT2D eigenvalue weighted by Crippen LogP contribution is 2.24. The molecule has 4 rings (SSSR count). The number of nitro groups is 1. The van der Waals surface area contributed by atoms with E-state index in [-0.39, 0.29) is 11.4 Å². The number of hydrogen-bond acceptors (Lipinski definition) is 6. The van der Waals surface area contributed by atoms with Crippen molar-refractivity contribution >= 4 is 28.8 Å². The summed E-state index contributed by atoms with van der Waals surface area (Å²) in [6.45, 7) is 1.97. The van der Waals surface area contributed by atoms with Crippen molar-refractivity contribution in [3.63, 3.8) is 0 Å². The fraction of sp³-hybridized carbons (Fsp3) is 0.0909. The van der Waals surface area contributed by atoms with Crippen molar-refractivity contribution in [2.45, 2.75) is 6.92 Å². The number of amides is 1. The molecule has 1 N–H and O–H groups in total.